The number of nitrogens with one attached hydrogen (secondary N) is 1. The number of nitrogens with zero attached hydrogens (tertiary/aromatic N) is 3. The molecule has 1 atom stereocenters. The average Bonchev–Trinajstić information content (AvgIpc) is 2.98. The molecule has 0 spiro atoms. The van der Waals surface area contributed by atoms with Crippen LogP contribution in [0.1, 0.15) is 22.5 Å². The molecule has 1 N–H and O–H groups in total. The quantitative estimate of drug-likeness (QED) is 0.878. The number of carbonyl (C=O) groups is 1. The van der Waals surface area contributed by atoms with Crippen LogP contribution in [0.4, 0.5) is 0 Å². The van der Waals surface area contributed by atoms with Crippen LogP contribution in [0.5, 0.6) is 0 Å². The molecular weight excluding hydrogens is 323 g/mol. The number of aryl methyl sites for hydroxylation is 1. The topological polar surface area (TPSA) is 48.5 Å². The molecule has 2 aliphatic heterocycles. The van der Waals surface area contributed by atoms with Gasteiger partial charge in [-0.1, -0.05) is 6.07 Å². The van der Waals surface area contributed by atoms with Gasteiger partial charge < -0.3 is 10.2 Å². The molecule has 0 radical (unpaired) electrons. The van der Waals surface area contributed by atoms with Crippen LogP contribution in [0.2, 0.25) is 0 Å². The Bertz CT molecular complexity index is 494. The summed E-state index contributed by atoms with van der Waals surface area (Å²) in [6.07, 6.45) is 2.78. The molecule has 7 heteroatoms. The Hall–Kier alpha value is -0.880. The molecule has 1 unspecified atom stereocenters. The molecule has 2 saturated heterocycles. The normalized spacial score (nSPS) is 21.9. The Kier molecular flexibility index (Phi) is 7.56. The number of hydrogen-bond donors (Lipinski definition) is 1. The van der Waals surface area contributed by atoms with Gasteiger partial charge in [0.1, 0.15) is 5.69 Å². The fourth-order valence-corrected chi connectivity index (χ4v) is 3.13. The number of piperazine rings is 1. The van der Waals surface area contributed by atoms with Crippen LogP contribution in [-0.2, 0) is 0 Å². The van der Waals surface area contributed by atoms with Gasteiger partial charge in [0.05, 0.1) is 0 Å². The molecule has 1 aromatic heterocycles. The van der Waals surface area contributed by atoms with Gasteiger partial charge in [0.2, 0.25) is 0 Å². The van der Waals surface area contributed by atoms with E-state index in [1.165, 1.54) is 0 Å². The van der Waals surface area contributed by atoms with Gasteiger partial charge in [-0.05, 0) is 25.0 Å². The number of carbonyl (C=O) groups excluding carboxylic acids is 1. The fraction of sp³-hybridized carbons (Fsp3) is 0.600. The third-order valence-corrected chi connectivity index (χ3v) is 4.33. The van der Waals surface area contributed by atoms with E-state index in [1.807, 2.05) is 24.0 Å². The van der Waals surface area contributed by atoms with Crippen molar-refractivity contribution in [2.75, 3.05) is 39.3 Å². The lowest BCUT2D eigenvalue weighted by Gasteiger charge is -2.32. The Morgan fingerprint density at radius 2 is 2.00 bits per heavy atom. The lowest BCUT2D eigenvalue weighted by molar-refractivity contribution is 0.0767. The largest absolute Gasteiger partial charge is 0.336 e. The van der Waals surface area contributed by atoms with Crippen LogP contribution in [0.25, 0.3) is 0 Å². The SMILES string of the molecule is Cc1cccnc1C(=O)N1CCC(N2CCNCC2)C1.Cl.Cl. The average molecular weight is 347 g/mol. The second-order valence-electron chi connectivity index (χ2n) is 5.65. The van der Waals surface area contributed by atoms with Crippen molar-refractivity contribution in [2.45, 2.75) is 19.4 Å². The van der Waals surface area contributed by atoms with Crippen molar-refractivity contribution in [3.8, 4) is 0 Å². The molecule has 22 heavy (non-hydrogen) atoms. The highest BCUT2D eigenvalue weighted by molar-refractivity contribution is 5.93. The number of pyridine rings is 1. The zero-order valence-electron chi connectivity index (χ0n) is 12.8. The molecular formula is C15H24Cl2N4O. The van der Waals surface area contributed by atoms with Gasteiger partial charge in [-0.15, -0.1) is 24.8 Å². The summed E-state index contributed by atoms with van der Waals surface area (Å²) in [5, 5.41) is 3.37. The van der Waals surface area contributed by atoms with E-state index < -0.39 is 0 Å². The maximum Gasteiger partial charge on any atom is 0.272 e. The first kappa shape index (κ1) is 19.2. The minimum atomic E-state index is 0. The van der Waals surface area contributed by atoms with Crippen molar-refractivity contribution in [2.24, 2.45) is 0 Å². The highest BCUT2D eigenvalue weighted by Crippen LogP contribution is 2.19. The number of likely N-dealkylation sites (tertiary alicyclic amines) is 1. The third kappa shape index (κ3) is 4.10. The molecule has 3 heterocycles. The highest BCUT2D eigenvalue weighted by Gasteiger charge is 2.32. The van der Waals surface area contributed by atoms with Gasteiger partial charge in [-0.25, -0.2) is 0 Å². The fourth-order valence-electron chi connectivity index (χ4n) is 3.13. The van der Waals surface area contributed by atoms with Crippen LogP contribution in [-0.4, -0.2) is 66.0 Å². The Morgan fingerprint density at radius 1 is 1.27 bits per heavy atom. The van der Waals surface area contributed by atoms with E-state index in [2.05, 4.69) is 15.2 Å². The van der Waals surface area contributed by atoms with Gasteiger partial charge in [-0.2, -0.15) is 0 Å². The van der Waals surface area contributed by atoms with Gasteiger partial charge in [0, 0.05) is 51.5 Å². The summed E-state index contributed by atoms with van der Waals surface area (Å²) in [5.41, 5.74) is 1.57. The molecule has 0 aromatic carbocycles. The Balaban J connectivity index is 0.00000121. The predicted molar refractivity (Wildman–Crippen MR) is 92.2 cm³/mol. The summed E-state index contributed by atoms with van der Waals surface area (Å²) in [4.78, 5) is 21.2. The molecule has 0 bridgehead atoms. The molecule has 2 aliphatic rings. The van der Waals surface area contributed by atoms with E-state index >= 15 is 0 Å². The predicted octanol–water partition coefficient (Wildman–Crippen LogP) is 1.35. The number of amides is 1. The minimum absolute atomic E-state index is 0. The van der Waals surface area contributed by atoms with Crippen molar-refractivity contribution >= 4 is 30.7 Å². The standard InChI is InChI=1S/C15H22N4O.2ClH/c1-12-3-2-5-17-14(12)15(20)19-8-4-13(11-19)18-9-6-16-7-10-18;;/h2-3,5,13,16H,4,6-11H2,1H3;2*1H. The molecule has 0 saturated carbocycles. The summed E-state index contributed by atoms with van der Waals surface area (Å²) < 4.78 is 0. The van der Waals surface area contributed by atoms with Crippen LogP contribution in [0.3, 0.4) is 0 Å². The first-order chi connectivity index (χ1) is 9.75. The second-order valence-corrected chi connectivity index (χ2v) is 5.65. The van der Waals surface area contributed by atoms with E-state index in [-0.39, 0.29) is 30.7 Å². The lowest BCUT2D eigenvalue weighted by Crippen LogP contribution is -2.49. The summed E-state index contributed by atoms with van der Waals surface area (Å²) >= 11 is 0. The first-order valence-electron chi connectivity index (χ1n) is 7.41. The Morgan fingerprint density at radius 3 is 2.68 bits per heavy atom. The second kappa shape index (κ2) is 8.67. The maximum absolute atomic E-state index is 12.5. The van der Waals surface area contributed by atoms with Gasteiger partial charge in [0.25, 0.3) is 5.91 Å². The van der Waals surface area contributed by atoms with Crippen LogP contribution >= 0.6 is 24.8 Å². The number of rotatable bonds is 2. The highest BCUT2D eigenvalue weighted by atomic mass is 35.5. The van der Waals surface area contributed by atoms with Crippen molar-refractivity contribution in [3.05, 3.63) is 29.6 Å². The number of aromatic nitrogens is 1. The van der Waals surface area contributed by atoms with Crippen molar-refractivity contribution < 1.29 is 4.79 Å². The zero-order valence-corrected chi connectivity index (χ0v) is 14.5. The molecule has 1 amide bonds. The van der Waals surface area contributed by atoms with Crippen molar-refractivity contribution in [3.63, 3.8) is 0 Å². The summed E-state index contributed by atoms with van der Waals surface area (Å²) in [5.74, 6) is 0.0840. The number of halogens is 2. The smallest absolute Gasteiger partial charge is 0.272 e. The Labute approximate surface area is 144 Å². The van der Waals surface area contributed by atoms with E-state index in [9.17, 15) is 4.79 Å². The van der Waals surface area contributed by atoms with Crippen LogP contribution in [0.15, 0.2) is 18.3 Å². The maximum atomic E-state index is 12.5. The molecule has 2 fully saturated rings. The molecule has 3 rings (SSSR count). The van der Waals surface area contributed by atoms with Crippen LogP contribution in [0, 0.1) is 6.92 Å². The minimum Gasteiger partial charge on any atom is -0.336 e. The summed E-state index contributed by atoms with van der Waals surface area (Å²) in [7, 11) is 0. The van der Waals surface area contributed by atoms with Gasteiger partial charge in [0.15, 0.2) is 0 Å². The summed E-state index contributed by atoms with van der Waals surface area (Å²) in [6, 6.07) is 4.34. The summed E-state index contributed by atoms with van der Waals surface area (Å²) in [6.45, 7) is 7.95. The lowest BCUT2D eigenvalue weighted by atomic mass is 10.2. The molecule has 124 valence electrons. The van der Waals surface area contributed by atoms with Crippen molar-refractivity contribution in [1.29, 1.82) is 0 Å². The van der Waals surface area contributed by atoms with E-state index in [0.717, 1.165) is 51.3 Å². The molecule has 0 aliphatic carbocycles. The molecule has 5 nitrogen and oxygen atoms in total. The van der Waals surface area contributed by atoms with Gasteiger partial charge >= 0.3 is 0 Å². The molecule has 1 aromatic rings. The van der Waals surface area contributed by atoms with Crippen LogP contribution < -0.4 is 5.32 Å². The third-order valence-electron chi connectivity index (χ3n) is 4.33. The first-order valence-corrected chi connectivity index (χ1v) is 7.41. The van der Waals surface area contributed by atoms with E-state index in [4.69, 9.17) is 0 Å². The van der Waals surface area contributed by atoms with Gasteiger partial charge in [-0.3, -0.25) is 14.7 Å². The number of hydrogen-bond acceptors (Lipinski definition) is 4. The zero-order chi connectivity index (χ0) is 13.9. The van der Waals surface area contributed by atoms with E-state index in [0.29, 0.717) is 11.7 Å². The monoisotopic (exact) mass is 346 g/mol. The van der Waals surface area contributed by atoms with E-state index in [1.54, 1.807) is 6.20 Å². The van der Waals surface area contributed by atoms with Crippen molar-refractivity contribution in [1.82, 2.24) is 20.1 Å².